The van der Waals surface area contributed by atoms with E-state index in [1.165, 1.54) is 48.9 Å². The summed E-state index contributed by atoms with van der Waals surface area (Å²) in [5.74, 6) is -0.834. The van der Waals surface area contributed by atoms with E-state index in [9.17, 15) is 14.3 Å². The highest BCUT2D eigenvalue weighted by Gasteiger charge is 2.33. The first-order chi connectivity index (χ1) is 11.6. The molecule has 1 N–H and O–H groups in total. The summed E-state index contributed by atoms with van der Waals surface area (Å²) >= 11 is 1.30. The Balaban J connectivity index is 1.45. The third kappa shape index (κ3) is 3.18. The Bertz CT molecular complexity index is 737. The zero-order valence-corrected chi connectivity index (χ0v) is 13.9. The maximum absolute atomic E-state index is 13.3. The van der Waals surface area contributed by atoms with Gasteiger partial charge in [-0.3, -0.25) is 9.69 Å². The number of rotatable bonds is 2. The number of thioether (sulfide) groups is 1. The Morgan fingerprint density at radius 3 is 2.71 bits per heavy atom. The fraction of sp³-hybridized carbons (Fsp3) is 0.412. The number of carbonyl (C=O) groups excluding carboxylic acids is 1. The highest BCUT2D eigenvalue weighted by atomic mass is 32.2. The van der Waals surface area contributed by atoms with Gasteiger partial charge in [-0.1, -0.05) is 0 Å². The van der Waals surface area contributed by atoms with Crippen LogP contribution in [0.3, 0.4) is 0 Å². The molecule has 3 aliphatic rings. The van der Waals surface area contributed by atoms with Crippen LogP contribution in [-0.4, -0.2) is 58.2 Å². The zero-order chi connectivity index (χ0) is 16.7. The van der Waals surface area contributed by atoms with Crippen molar-refractivity contribution in [3.8, 4) is 5.75 Å². The highest BCUT2D eigenvalue weighted by Crippen LogP contribution is 2.33. The molecule has 1 saturated carbocycles. The van der Waals surface area contributed by atoms with Crippen molar-refractivity contribution in [2.45, 2.75) is 18.9 Å². The van der Waals surface area contributed by atoms with Crippen molar-refractivity contribution in [3.63, 3.8) is 0 Å². The van der Waals surface area contributed by atoms with Crippen LogP contribution in [0.5, 0.6) is 5.75 Å². The summed E-state index contributed by atoms with van der Waals surface area (Å²) in [5, 5.41) is 10.5. The molecule has 4 rings (SSSR count). The molecule has 126 valence electrons. The molecule has 2 heterocycles. The largest absolute Gasteiger partial charge is 0.507 e. The normalized spacial score (nSPS) is 23.9. The van der Waals surface area contributed by atoms with Crippen LogP contribution < -0.4 is 0 Å². The lowest BCUT2D eigenvalue weighted by Gasteiger charge is -2.35. The minimum Gasteiger partial charge on any atom is -0.507 e. The first-order valence-electron chi connectivity index (χ1n) is 8.10. The quantitative estimate of drug-likeness (QED) is 0.832. The van der Waals surface area contributed by atoms with Crippen LogP contribution in [0.15, 0.2) is 28.1 Å². The van der Waals surface area contributed by atoms with Gasteiger partial charge in [0.05, 0.1) is 4.91 Å². The first-order valence-corrected chi connectivity index (χ1v) is 8.92. The van der Waals surface area contributed by atoms with Gasteiger partial charge in [-0.25, -0.2) is 4.39 Å². The lowest BCUT2D eigenvalue weighted by Crippen LogP contribution is -2.48. The molecule has 5 nitrogen and oxygen atoms in total. The number of nitrogens with zero attached hydrogens (tertiary/aromatic N) is 3. The van der Waals surface area contributed by atoms with Crippen LogP contribution in [-0.2, 0) is 4.79 Å². The summed E-state index contributed by atoms with van der Waals surface area (Å²) in [6.07, 6.45) is 4.11. The molecule has 1 saturated heterocycles. The molecular formula is C17H18FN3O2S. The van der Waals surface area contributed by atoms with Crippen molar-refractivity contribution in [2.75, 3.05) is 26.2 Å². The van der Waals surface area contributed by atoms with Crippen molar-refractivity contribution in [1.29, 1.82) is 0 Å². The minimum atomic E-state index is -0.451. The standard InChI is InChI=1S/C17H18FN3O2S/c18-12-1-4-14(22)11(9-12)10-15-16(23)19-17(24-15)21-7-5-20(6-8-21)13-2-3-13/h1,4,9-10,13,22H,2-3,5-8H2/b15-10-. The second-order valence-corrected chi connectivity index (χ2v) is 7.28. The van der Waals surface area contributed by atoms with Gasteiger partial charge in [0.25, 0.3) is 5.91 Å². The highest BCUT2D eigenvalue weighted by molar-refractivity contribution is 8.18. The number of carbonyl (C=O) groups is 1. The van der Waals surface area contributed by atoms with Crippen molar-refractivity contribution >= 4 is 28.9 Å². The van der Waals surface area contributed by atoms with Crippen molar-refractivity contribution in [2.24, 2.45) is 4.99 Å². The van der Waals surface area contributed by atoms with Gasteiger partial charge in [0.2, 0.25) is 0 Å². The number of hydrogen-bond donors (Lipinski definition) is 1. The number of aliphatic imine (C=N–C) groups is 1. The molecule has 1 aromatic carbocycles. The van der Waals surface area contributed by atoms with Gasteiger partial charge < -0.3 is 10.0 Å². The maximum Gasteiger partial charge on any atom is 0.286 e. The second-order valence-electron chi connectivity index (χ2n) is 6.27. The molecule has 2 fully saturated rings. The Morgan fingerprint density at radius 1 is 1.25 bits per heavy atom. The first kappa shape index (κ1) is 15.7. The summed E-state index contributed by atoms with van der Waals surface area (Å²) in [4.78, 5) is 21.3. The number of amides is 1. The summed E-state index contributed by atoms with van der Waals surface area (Å²) in [5.41, 5.74) is 0.292. The van der Waals surface area contributed by atoms with Crippen LogP contribution in [0.2, 0.25) is 0 Å². The summed E-state index contributed by atoms with van der Waals surface area (Å²) in [7, 11) is 0. The van der Waals surface area contributed by atoms with Crippen LogP contribution in [0.1, 0.15) is 18.4 Å². The summed E-state index contributed by atoms with van der Waals surface area (Å²) in [6, 6.07) is 4.44. The molecular weight excluding hydrogens is 329 g/mol. The lowest BCUT2D eigenvalue weighted by molar-refractivity contribution is -0.113. The zero-order valence-electron chi connectivity index (χ0n) is 13.1. The van der Waals surface area contributed by atoms with Crippen LogP contribution in [0, 0.1) is 5.82 Å². The SMILES string of the molecule is O=C1N=C(N2CCN(C3CC3)CC2)S/C1=C\c1cc(F)ccc1O. The second kappa shape index (κ2) is 6.22. The topological polar surface area (TPSA) is 56.1 Å². The van der Waals surface area contributed by atoms with Gasteiger partial charge in [0.15, 0.2) is 5.17 Å². The van der Waals surface area contributed by atoms with Crippen molar-refractivity contribution in [3.05, 3.63) is 34.5 Å². The number of amidine groups is 1. The van der Waals surface area contributed by atoms with Gasteiger partial charge in [-0.2, -0.15) is 4.99 Å². The van der Waals surface area contributed by atoms with E-state index in [1.807, 2.05) is 0 Å². The monoisotopic (exact) mass is 347 g/mol. The van der Waals surface area contributed by atoms with E-state index in [1.54, 1.807) is 0 Å². The summed E-state index contributed by atoms with van der Waals surface area (Å²) in [6.45, 7) is 3.74. The smallest absolute Gasteiger partial charge is 0.286 e. The average Bonchev–Trinajstić information content (AvgIpc) is 3.36. The number of benzene rings is 1. The fourth-order valence-electron chi connectivity index (χ4n) is 3.03. The van der Waals surface area contributed by atoms with Crippen LogP contribution >= 0.6 is 11.8 Å². The van der Waals surface area contributed by atoms with Crippen LogP contribution in [0.4, 0.5) is 4.39 Å². The molecule has 1 aromatic rings. The fourth-order valence-corrected chi connectivity index (χ4v) is 3.99. The number of hydrogen-bond acceptors (Lipinski definition) is 5. The molecule has 0 bridgehead atoms. The van der Waals surface area contributed by atoms with Gasteiger partial charge >= 0.3 is 0 Å². The Kier molecular flexibility index (Phi) is 4.05. The molecule has 0 atom stereocenters. The third-order valence-electron chi connectivity index (χ3n) is 4.53. The minimum absolute atomic E-state index is 0.0520. The number of phenolic OH excluding ortho intramolecular Hbond substituents is 1. The van der Waals surface area contributed by atoms with E-state index in [2.05, 4.69) is 14.8 Å². The lowest BCUT2D eigenvalue weighted by atomic mass is 10.2. The Labute approximate surface area is 143 Å². The average molecular weight is 347 g/mol. The van der Waals surface area contributed by atoms with E-state index < -0.39 is 5.82 Å². The molecule has 0 radical (unpaired) electrons. The Morgan fingerprint density at radius 2 is 2.00 bits per heavy atom. The number of halogens is 1. The molecule has 1 aliphatic carbocycles. The molecule has 0 spiro atoms. The van der Waals surface area contributed by atoms with E-state index >= 15 is 0 Å². The summed E-state index contributed by atoms with van der Waals surface area (Å²) < 4.78 is 13.3. The molecule has 24 heavy (non-hydrogen) atoms. The molecule has 0 aromatic heterocycles. The van der Waals surface area contributed by atoms with E-state index in [-0.39, 0.29) is 11.7 Å². The molecule has 0 unspecified atom stereocenters. The predicted octanol–water partition coefficient (Wildman–Crippen LogP) is 2.28. The van der Waals surface area contributed by atoms with Crippen molar-refractivity contribution in [1.82, 2.24) is 9.80 Å². The van der Waals surface area contributed by atoms with Gasteiger partial charge in [0.1, 0.15) is 11.6 Å². The predicted molar refractivity (Wildman–Crippen MR) is 92.2 cm³/mol. The third-order valence-corrected chi connectivity index (χ3v) is 5.58. The van der Waals surface area contributed by atoms with E-state index in [0.717, 1.165) is 32.2 Å². The molecule has 7 heteroatoms. The van der Waals surface area contributed by atoms with E-state index in [0.29, 0.717) is 15.6 Å². The van der Waals surface area contributed by atoms with Crippen molar-refractivity contribution < 1.29 is 14.3 Å². The van der Waals surface area contributed by atoms with Gasteiger partial charge in [-0.05, 0) is 48.9 Å². The maximum atomic E-state index is 13.3. The molecule has 1 amide bonds. The number of aromatic hydroxyl groups is 1. The van der Waals surface area contributed by atoms with Gasteiger partial charge in [0, 0.05) is 37.8 Å². The number of phenols is 1. The van der Waals surface area contributed by atoms with Gasteiger partial charge in [-0.15, -0.1) is 0 Å². The van der Waals surface area contributed by atoms with E-state index in [4.69, 9.17) is 0 Å². The number of piperazine rings is 1. The van der Waals surface area contributed by atoms with Crippen LogP contribution in [0.25, 0.3) is 6.08 Å². The molecule has 2 aliphatic heterocycles. The Hall–Kier alpha value is -1.86.